The molecule has 0 spiro atoms. The Bertz CT molecular complexity index is 903. The molecule has 1 aromatic carbocycles. The van der Waals surface area contributed by atoms with E-state index in [-0.39, 0.29) is 40.6 Å². The van der Waals surface area contributed by atoms with E-state index in [2.05, 4.69) is 5.32 Å². The van der Waals surface area contributed by atoms with Crippen molar-refractivity contribution in [3.05, 3.63) is 40.6 Å². The second kappa shape index (κ2) is 7.84. The number of carbonyl (C=O) groups excluding carboxylic acids is 3. The van der Waals surface area contributed by atoms with Gasteiger partial charge in [0.1, 0.15) is 5.82 Å². The Kier molecular flexibility index (Phi) is 5.17. The van der Waals surface area contributed by atoms with Gasteiger partial charge in [0.2, 0.25) is 5.91 Å². The monoisotopic (exact) mass is 428 g/mol. The quantitative estimate of drug-likeness (QED) is 0.719. The normalized spacial score (nSPS) is 33.6. The highest BCUT2D eigenvalue weighted by Gasteiger charge is 2.50. The van der Waals surface area contributed by atoms with Crippen molar-refractivity contribution in [3.8, 4) is 0 Å². The molecule has 158 valence electrons. The molecule has 1 heterocycles. The van der Waals surface area contributed by atoms with Crippen LogP contribution in [0.3, 0.4) is 0 Å². The molecule has 0 atom stereocenters. The van der Waals surface area contributed by atoms with Gasteiger partial charge in [0.15, 0.2) is 0 Å². The van der Waals surface area contributed by atoms with Gasteiger partial charge in [-0.1, -0.05) is 18.2 Å². The molecular formula is C23H25FN2O3S. The van der Waals surface area contributed by atoms with Gasteiger partial charge < -0.3 is 5.32 Å². The van der Waals surface area contributed by atoms with Crippen LogP contribution in [0.15, 0.2) is 29.2 Å². The summed E-state index contributed by atoms with van der Waals surface area (Å²) in [6.07, 6.45) is 7.46. The fraction of sp³-hybridized carbons (Fsp3) is 0.522. The smallest absolute Gasteiger partial charge is 0.293 e. The number of carbonyl (C=O) groups is 3. The molecule has 0 unspecified atom stereocenters. The van der Waals surface area contributed by atoms with Crippen LogP contribution >= 0.6 is 11.8 Å². The van der Waals surface area contributed by atoms with Gasteiger partial charge in [0.25, 0.3) is 11.1 Å². The Labute approximate surface area is 179 Å². The van der Waals surface area contributed by atoms with E-state index in [1.165, 1.54) is 44.2 Å². The summed E-state index contributed by atoms with van der Waals surface area (Å²) in [5, 5.41) is 2.60. The topological polar surface area (TPSA) is 66.5 Å². The molecule has 7 heteroatoms. The lowest BCUT2D eigenvalue weighted by atomic mass is 9.51. The zero-order valence-electron chi connectivity index (χ0n) is 16.7. The Morgan fingerprint density at radius 2 is 1.77 bits per heavy atom. The Balaban J connectivity index is 1.18. The predicted molar refractivity (Wildman–Crippen MR) is 113 cm³/mol. The number of halogens is 1. The molecular weight excluding hydrogens is 403 g/mol. The van der Waals surface area contributed by atoms with Crippen molar-refractivity contribution in [2.24, 2.45) is 29.6 Å². The largest absolute Gasteiger partial charge is 0.354 e. The van der Waals surface area contributed by atoms with Gasteiger partial charge in [0, 0.05) is 24.6 Å². The van der Waals surface area contributed by atoms with Crippen LogP contribution in [0.2, 0.25) is 0 Å². The number of nitrogens with one attached hydrogen (secondary N) is 1. The fourth-order valence-electron chi connectivity index (χ4n) is 6.19. The van der Waals surface area contributed by atoms with Crippen molar-refractivity contribution >= 4 is 34.9 Å². The Hall–Kier alpha value is -2.15. The molecule has 4 saturated carbocycles. The summed E-state index contributed by atoms with van der Waals surface area (Å²) in [5.41, 5.74) is 0.276. The third kappa shape index (κ3) is 3.57. The number of benzene rings is 1. The molecule has 3 amide bonds. The minimum atomic E-state index is -0.438. The lowest BCUT2D eigenvalue weighted by Crippen LogP contribution is -2.51. The first-order valence-electron chi connectivity index (χ1n) is 10.8. The van der Waals surface area contributed by atoms with E-state index < -0.39 is 11.7 Å². The maximum absolute atomic E-state index is 13.8. The maximum atomic E-state index is 13.8. The highest BCUT2D eigenvalue weighted by Crippen LogP contribution is 2.56. The third-order valence-corrected chi connectivity index (χ3v) is 8.14. The van der Waals surface area contributed by atoms with Gasteiger partial charge in [-0.2, -0.15) is 0 Å². The van der Waals surface area contributed by atoms with Crippen molar-refractivity contribution in [1.29, 1.82) is 0 Å². The van der Waals surface area contributed by atoms with Crippen LogP contribution < -0.4 is 5.32 Å². The Morgan fingerprint density at radius 3 is 2.43 bits per heavy atom. The molecule has 1 aromatic rings. The summed E-state index contributed by atoms with van der Waals surface area (Å²) in [4.78, 5) is 39.1. The van der Waals surface area contributed by atoms with Gasteiger partial charge in [0.05, 0.1) is 4.91 Å². The van der Waals surface area contributed by atoms with Crippen LogP contribution in [0.25, 0.3) is 6.08 Å². The third-order valence-electron chi connectivity index (χ3n) is 7.23. The lowest BCUT2D eigenvalue weighted by molar-refractivity contribution is -0.138. The van der Waals surface area contributed by atoms with E-state index in [1.54, 1.807) is 18.2 Å². The summed E-state index contributed by atoms with van der Waals surface area (Å²) >= 11 is 0.810. The van der Waals surface area contributed by atoms with Gasteiger partial charge in [-0.05, 0) is 79.7 Å². The van der Waals surface area contributed by atoms with Crippen LogP contribution in [0, 0.1) is 35.4 Å². The Morgan fingerprint density at radius 1 is 1.10 bits per heavy atom. The SMILES string of the molecule is O=C(NCCN1C(=O)S/C(=C\c2ccccc2F)C1=O)C1C2CC3CC(C2)CC1C3. The summed E-state index contributed by atoms with van der Waals surface area (Å²) in [5.74, 6) is 1.93. The maximum Gasteiger partial charge on any atom is 0.293 e. The zero-order valence-corrected chi connectivity index (χ0v) is 17.5. The van der Waals surface area contributed by atoms with Crippen molar-refractivity contribution < 1.29 is 18.8 Å². The minimum Gasteiger partial charge on any atom is -0.354 e. The number of hydrogen-bond donors (Lipinski definition) is 1. The molecule has 5 fully saturated rings. The van der Waals surface area contributed by atoms with Crippen molar-refractivity contribution in [3.63, 3.8) is 0 Å². The molecule has 30 heavy (non-hydrogen) atoms. The summed E-state index contributed by atoms with van der Waals surface area (Å²) in [6, 6.07) is 6.13. The number of rotatable bonds is 5. The van der Waals surface area contributed by atoms with E-state index in [1.807, 2.05) is 0 Å². The lowest BCUT2D eigenvalue weighted by Gasteiger charge is -2.53. The van der Waals surface area contributed by atoms with Crippen LogP contribution in [0.4, 0.5) is 9.18 Å². The molecule has 0 radical (unpaired) electrons. The summed E-state index contributed by atoms with van der Waals surface area (Å²) in [6.45, 7) is 0.394. The second-order valence-corrected chi connectivity index (χ2v) is 10.1. The van der Waals surface area contributed by atoms with Crippen LogP contribution in [-0.2, 0) is 9.59 Å². The van der Waals surface area contributed by atoms with Crippen molar-refractivity contribution in [2.45, 2.75) is 32.1 Å². The number of nitrogens with zero attached hydrogens (tertiary/aromatic N) is 1. The first-order chi connectivity index (χ1) is 14.5. The van der Waals surface area contributed by atoms with Crippen LogP contribution in [-0.4, -0.2) is 35.0 Å². The average Bonchev–Trinajstić information content (AvgIpc) is 2.96. The van der Waals surface area contributed by atoms with Gasteiger partial charge in [-0.3, -0.25) is 19.3 Å². The van der Waals surface area contributed by atoms with Gasteiger partial charge in [-0.25, -0.2) is 4.39 Å². The summed E-state index contributed by atoms with van der Waals surface area (Å²) in [7, 11) is 0. The average molecular weight is 429 g/mol. The predicted octanol–water partition coefficient (Wildman–Crippen LogP) is 4.05. The standard InChI is InChI=1S/C23H25FN2O3S/c24-18-4-2-1-3-15(18)12-19-22(28)26(23(29)30-19)6-5-25-21(27)20-16-8-13-7-14(10-16)11-17(20)9-13/h1-4,12-14,16-17,20H,5-11H2,(H,25,27)/b19-12-. The number of amides is 3. The molecule has 5 nitrogen and oxygen atoms in total. The summed E-state index contributed by atoms with van der Waals surface area (Å²) < 4.78 is 13.8. The first kappa shape index (κ1) is 19.8. The highest BCUT2D eigenvalue weighted by molar-refractivity contribution is 8.18. The van der Waals surface area contributed by atoms with E-state index in [0.717, 1.165) is 28.5 Å². The molecule has 4 bridgehead atoms. The molecule has 6 rings (SSSR count). The molecule has 4 aliphatic carbocycles. The number of thioether (sulfide) groups is 1. The van der Waals surface area contributed by atoms with Crippen molar-refractivity contribution in [1.82, 2.24) is 10.2 Å². The van der Waals surface area contributed by atoms with Crippen LogP contribution in [0.1, 0.15) is 37.7 Å². The van der Waals surface area contributed by atoms with Crippen molar-refractivity contribution in [2.75, 3.05) is 13.1 Å². The molecule has 5 aliphatic rings. The number of hydrogen-bond acceptors (Lipinski definition) is 4. The second-order valence-electron chi connectivity index (χ2n) is 9.10. The molecule has 0 aromatic heterocycles. The van der Waals surface area contributed by atoms with Gasteiger partial charge >= 0.3 is 0 Å². The van der Waals surface area contributed by atoms with Crippen LogP contribution in [0.5, 0.6) is 0 Å². The fourth-order valence-corrected chi connectivity index (χ4v) is 7.04. The first-order valence-corrected chi connectivity index (χ1v) is 11.6. The zero-order chi connectivity index (χ0) is 20.8. The van der Waals surface area contributed by atoms with E-state index >= 15 is 0 Å². The molecule has 1 saturated heterocycles. The van der Waals surface area contributed by atoms with Gasteiger partial charge in [-0.15, -0.1) is 0 Å². The highest BCUT2D eigenvalue weighted by atomic mass is 32.2. The minimum absolute atomic E-state index is 0.0812. The molecule has 1 aliphatic heterocycles. The molecule has 1 N–H and O–H groups in total. The van der Waals surface area contributed by atoms with E-state index in [4.69, 9.17) is 0 Å². The van der Waals surface area contributed by atoms with E-state index in [0.29, 0.717) is 11.8 Å². The number of imide groups is 1. The van der Waals surface area contributed by atoms with E-state index in [9.17, 15) is 18.8 Å².